The molecule has 0 rings (SSSR count). The smallest absolute Gasteiger partial charge is 0.347 e. The minimum atomic E-state index is -1.24. The topological polar surface area (TPSA) is 61.8 Å². The average Bonchev–Trinajstić information content (AvgIpc) is 2.25. The lowest BCUT2D eigenvalue weighted by Gasteiger charge is -2.14. The molecule has 5 heteroatoms. The van der Waals surface area contributed by atoms with Crippen molar-refractivity contribution in [3.05, 3.63) is 0 Å². The molecule has 0 radical (unpaired) electrons. The van der Waals surface area contributed by atoms with Crippen LogP contribution in [0.4, 0.5) is 0 Å². The third-order valence-electron chi connectivity index (χ3n) is 1.78. The molecule has 0 unspecified atom stereocenters. The molecule has 0 amide bonds. The Morgan fingerprint density at radius 3 is 1.88 bits per heavy atom. The van der Waals surface area contributed by atoms with E-state index in [9.17, 15) is 9.59 Å². The van der Waals surface area contributed by atoms with Gasteiger partial charge >= 0.3 is 11.9 Å². The molecule has 0 bridgehead atoms. The summed E-state index contributed by atoms with van der Waals surface area (Å²) in [5, 5.41) is 0. The van der Waals surface area contributed by atoms with Crippen LogP contribution in [0.3, 0.4) is 0 Å². The molecule has 0 aliphatic heterocycles. The van der Waals surface area contributed by atoms with Gasteiger partial charge in [-0.3, -0.25) is 0 Å². The number of unbranched alkanes of at least 4 members (excludes halogenated alkanes) is 1. The lowest BCUT2D eigenvalue weighted by Crippen LogP contribution is -2.36. The van der Waals surface area contributed by atoms with E-state index >= 15 is 0 Å². The van der Waals surface area contributed by atoms with E-state index in [-0.39, 0.29) is 13.2 Å². The minimum Gasteiger partial charge on any atom is -0.464 e. The summed E-state index contributed by atoms with van der Waals surface area (Å²) in [4.78, 5) is 22.8. The number of carbonyl (C=O) groups is 2. The molecule has 5 nitrogen and oxygen atoms in total. The van der Waals surface area contributed by atoms with Crippen LogP contribution >= 0.6 is 0 Å². The van der Waals surface area contributed by atoms with Gasteiger partial charge in [0.15, 0.2) is 0 Å². The van der Waals surface area contributed by atoms with Gasteiger partial charge in [0.05, 0.1) is 13.2 Å². The van der Waals surface area contributed by atoms with E-state index < -0.39 is 18.0 Å². The molecule has 0 N–H and O–H groups in total. The predicted octanol–water partition coefficient (Wildman–Crippen LogP) is 1.30. The van der Waals surface area contributed by atoms with Crippen molar-refractivity contribution in [1.82, 2.24) is 0 Å². The average molecular weight is 232 g/mol. The number of rotatable bonds is 8. The van der Waals surface area contributed by atoms with Gasteiger partial charge in [-0.2, -0.15) is 0 Å². The molecule has 0 atom stereocenters. The zero-order valence-electron chi connectivity index (χ0n) is 10.2. The maximum atomic E-state index is 11.4. The standard InChI is InChI=1S/C11H20O5/c1-4-7-8-16-9(10(12)14-5-2)11(13)15-6-3/h9H,4-8H2,1-3H3. The van der Waals surface area contributed by atoms with Gasteiger partial charge in [0, 0.05) is 6.61 Å². The second-order valence-corrected chi connectivity index (χ2v) is 3.11. The van der Waals surface area contributed by atoms with Crippen LogP contribution in [-0.2, 0) is 23.8 Å². The van der Waals surface area contributed by atoms with E-state index in [0.29, 0.717) is 6.61 Å². The van der Waals surface area contributed by atoms with Gasteiger partial charge in [-0.05, 0) is 20.3 Å². The Morgan fingerprint density at radius 1 is 1.00 bits per heavy atom. The highest BCUT2D eigenvalue weighted by Crippen LogP contribution is 2.02. The van der Waals surface area contributed by atoms with Crippen molar-refractivity contribution in [3.8, 4) is 0 Å². The quantitative estimate of drug-likeness (QED) is 0.358. The normalized spacial score (nSPS) is 10.2. The molecule has 0 saturated heterocycles. The first-order chi connectivity index (χ1) is 7.67. The Hall–Kier alpha value is -1.10. The lowest BCUT2D eigenvalue weighted by molar-refractivity contribution is -0.173. The lowest BCUT2D eigenvalue weighted by atomic mass is 10.3. The molecular weight excluding hydrogens is 212 g/mol. The van der Waals surface area contributed by atoms with Crippen molar-refractivity contribution in [2.24, 2.45) is 0 Å². The molecule has 94 valence electrons. The molecule has 0 fully saturated rings. The van der Waals surface area contributed by atoms with Gasteiger partial charge in [0.2, 0.25) is 0 Å². The molecule has 16 heavy (non-hydrogen) atoms. The third kappa shape index (κ3) is 5.70. The van der Waals surface area contributed by atoms with Crippen LogP contribution in [0.25, 0.3) is 0 Å². The monoisotopic (exact) mass is 232 g/mol. The fraction of sp³-hybridized carbons (Fsp3) is 0.818. The molecule has 0 aliphatic carbocycles. The van der Waals surface area contributed by atoms with E-state index in [4.69, 9.17) is 14.2 Å². The van der Waals surface area contributed by atoms with Crippen LogP contribution in [0.2, 0.25) is 0 Å². The van der Waals surface area contributed by atoms with Gasteiger partial charge in [-0.1, -0.05) is 13.3 Å². The summed E-state index contributed by atoms with van der Waals surface area (Å²) in [5.74, 6) is -1.37. The molecular formula is C11H20O5. The summed E-state index contributed by atoms with van der Waals surface area (Å²) in [6, 6.07) is 0. The van der Waals surface area contributed by atoms with E-state index in [0.717, 1.165) is 12.8 Å². The molecule has 0 aromatic rings. The highest BCUT2D eigenvalue weighted by atomic mass is 16.6. The van der Waals surface area contributed by atoms with Gasteiger partial charge in [-0.15, -0.1) is 0 Å². The van der Waals surface area contributed by atoms with Gasteiger partial charge < -0.3 is 14.2 Å². The second-order valence-electron chi connectivity index (χ2n) is 3.11. The predicted molar refractivity (Wildman–Crippen MR) is 57.9 cm³/mol. The van der Waals surface area contributed by atoms with Crippen molar-refractivity contribution >= 4 is 11.9 Å². The van der Waals surface area contributed by atoms with E-state index in [1.165, 1.54) is 0 Å². The maximum absolute atomic E-state index is 11.4. The van der Waals surface area contributed by atoms with Crippen molar-refractivity contribution in [2.75, 3.05) is 19.8 Å². The molecule has 0 aliphatic rings. The Bertz CT molecular complexity index is 196. The molecule has 0 aromatic heterocycles. The summed E-state index contributed by atoms with van der Waals surface area (Å²) in [6.07, 6.45) is 0.472. The highest BCUT2D eigenvalue weighted by molar-refractivity contribution is 5.98. The molecule has 0 aromatic carbocycles. The van der Waals surface area contributed by atoms with E-state index in [1.807, 2.05) is 6.92 Å². The Balaban J connectivity index is 4.25. The number of esters is 2. The van der Waals surface area contributed by atoms with Crippen molar-refractivity contribution in [1.29, 1.82) is 0 Å². The Kier molecular flexibility index (Phi) is 8.52. The summed E-state index contributed by atoms with van der Waals surface area (Å²) in [7, 11) is 0. The number of hydrogen-bond acceptors (Lipinski definition) is 5. The summed E-state index contributed by atoms with van der Waals surface area (Å²) >= 11 is 0. The molecule has 0 saturated carbocycles. The highest BCUT2D eigenvalue weighted by Gasteiger charge is 2.30. The second kappa shape index (κ2) is 9.15. The molecule has 0 heterocycles. The minimum absolute atomic E-state index is 0.214. The van der Waals surface area contributed by atoms with Crippen molar-refractivity contribution in [2.45, 2.75) is 39.7 Å². The van der Waals surface area contributed by atoms with Crippen molar-refractivity contribution in [3.63, 3.8) is 0 Å². The third-order valence-corrected chi connectivity index (χ3v) is 1.78. The van der Waals surface area contributed by atoms with Crippen LogP contribution in [0, 0.1) is 0 Å². The first-order valence-corrected chi connectivity index (χ1v) is 5.62. The van der Waals surface area contributed by atoms with Crippen LogP contribution in [0.15, 0.2) is 0 Å². The first-order valence-electron chi connectivity index (χ1n) is 5.62. The van der Waals surface area contributed by atoms with Crippen LogP contribution in [0.5, 0.6) is 0 Å². The summed E-state index contributed by atoms with van der Waals surface area (Å²) in [5.41, 5.74) is 0. The van der Waals surface area contributed by atoms with Gasteiger partial charge in [0.25, 0.3) is 6.10 Å². The maximum Gasteiger partial charge on any atom is 0.347 e. The number of ether oxygens (including phenoxy) is 3. The zero-order chi connectivity index (χ0) is 12.4. The number of hydrogen-bond donors (Lipinski definition) is 0. The van der Waals surface area contributed by atoms with Gasteiger partial charge in [-0.25, -0.2) is 9.59 Å². The first kappa shape index (κ1) is 14.9. The van der Waals surface area contributed by atoms with E-state index in [1.54, 1.807) is 13.8 Å². The molecule has 0 spiro atoms. The van der Waals surface area contributed by atoms with E-state index in [2.05, 4.69) is 0 Å². The SMILES string of the molecule is CCCCOC(C(=O)OCC)C(=O)OCC. The summed E-state index contributed by atoms with van der Waals surface area (Å²) in [6.45, 7) is 6.11. The van der Waals surface area contributed by atoms with Crippen LogP contribution < -0.4 is 0 Å². The van der Waals surface area contributed by atoms with Crippen LogP contribution in [0.1, 0.15) is 33.6 Å². The summed E-state index contributed by atoms with van der Waals surface area (Å²) < 4.78 is 14.6. The largest absolute Gasteiger partial charge is 0.464 e. The Morgan fingerprint density at radius 2 is 1.50 bits per heavy atom. The fourth-order valence-electron chi connectivity index (χ4n) is 1.01. The zero-order valence-corrected chi connectivity index (χ0v) is 10.2. The Labute approximate surface area is 96.1 Å². The van der Waals surface area contributed by atoms with Crippen molar-refractivity contribution < 1.29 is 23.8 Å². The fourth-order valence-corrected chi connectivity index (χ4v) is 1.01. The number of carbonyl (C=O) groups excluding carboxylic acids is 2. The van der Waals surface area contributed by atoms with Crippen LogP contribution in [-0.4, -0.2) is 37.9 Å². The van der Waals surface area contributed by atoms with Gasteiger partial charge in [0.1, 0.15) is 0 Å².